The predicted octanol–water partition coefficient (Wildman–Crippen LogP) is 3.40. The highest BCUT2D eigenvalue weighted by Crippen LogP contribution is 2.29. The number of hydrogen-bond donors (Lipinski definition) is 0. The van der Waals surface area contributed by atoms with Gasteiger partial charge in [0.25, 0.3) is 5.91 Å². The van der Waals surface area contributed by atoms with Gasteiger partial charge in [0, 0.05) is 50.2 Å². The summed E-state index contributed by atoms with van der Waals surface area (Å²) in [5.41, 5.74) is 1.84. The Morgan fingerprint density at radius 3 is 2.43 bits per heavy atom. The van der Waals surface area contributed by atoms with E-state index in [1.807, 2.05) is 43.1 Å². The van der Waals surface area contributed by atoms with Crippen molar-refractivity contribution in [2.24, 2.45) is 0 Å². The van der Waals surface area contributed by atoms with E-state index in [-0.39, 0.29) is 5.91 Å². The van der Waals surface area contributed by atoms with Crippen LogP contribution in [0, 0.1) is 0 Å². The van der Waals surface area contributed by atoms with E-state index in [0.717, 1.165) is 13.1 Å². The Hall–Kier alpha value is -2.60. The zero-order chi connectivity index (χ0) is 19.9. The molecule has 0 N–H and O–H groups in total. The summed E-state index contributed by atoms with van der Waals surface area (Å²) in [6.07, 6.45) is 3.71. The highest BCUT2D eigenvalue weighted by molar-refractivity contribution is 5.95. The zero-order valence-electron chi connectivity index (χ0n) is 16.9. The molecule has 1 saturated heterocycles. The van der Waals surface area contributed by atoms with Crippen molar-refractivity contribution >= 4 is 5.91 Å². The number of pyridine rings is 1. The van der Waals surface area contributed by atoms with Gasteiger partial charge in [0.1, 0.15) is 0 Å². The number of hydrogen-bond acceptors (Lipinski definition) is 5. The molecule has 1 aliphatic rings. The molecule has 1 aliphatic heterocycles. The quantitative estimate of drug-likeness (QED) is 0.733. The molecule has 0 spiro atoms. The first-order valence-electron chi connectivity index (χ1n) is 9.97. The van der Waals surface area contributed by atoms with Crippen LogP contribution in [0.15, 0.2) is 42.7 Å². The Balaban J connectivity index is 1.64. The molecule has 6 heteroatoms. The van der Waals surface area contributed by atoms with Crippen LogP contribution in [0.4, 0.5) is 0 Å². The molecular weight excluding hydrogens is 354 g/mol. The van der Waals surface area contributed by atoms with Crippen LogP contribution in [0.5, 0.6) is 11.5 Å². The van der Waals surface area contributed by atoms with Gasteiger partial charge in [-0.3, -0.25) is 14.7 Å². The summed E-state index contributed by atoms with van der Waals surface area (Å²) in [6.45, 7) is 10.2. The molecular formula is C22H29N3O3. The molecule has 0 saturated carbocycles. The van der Waals surface area contributed by atoms with E-state index in [0.29, 0.717) is 49.4 Å². The fourth-order valence-corrected chi connectivity index (χ4v) is 3.51. The molecule has 1 aromatic heterocycles. The molecule has 1 unspecified atom stereocenters. The third-order valence-corrected chi connectivity index (χ3v) is 5.11. The average Bonchev–Trinajstić information content (AvgIpc) is 2.75. The zero-order valence-corrected chi connectivity index (χ0v) is 16.9. The number of amides is 1. The second-order valence-electron chi connectivity index (χ2n) is 6.82. The van der Waals surface area contributed by atoms with Crippen molar-refractivity contribution in [3.8, 4) is 11.5 Å². The molecule has 2 aromatic rings. The fourth-order valence-electron chi connectivity index (χ4n) is 3.51. The molecule has 1 atom stereocenters. The number of benzene rings is 1. The van der Waals surface area contributed by atoms with Gasteiger partial charge in [-0.1, -0.05) is 6.07 Å². The van der Waals surface area contributed by atoms with E-state index < -0.39 is 0 Å². The topological polar surface area (TPSA) is 54.9 Å². The van der Waals surface area contributed by atoms with Crippen LogP contribution < -0.4 is 9.47 Å². The number of piperazine rings is 1. The van der Waals surface area contributed by atoms with Gasteiger partial charge in [-0.15, -0.1) is 0 Å². The molecule has 150 valence electrons. The smallest absolute Gasteiger partial charge is 0.254 e. The van der Waals surface area contributed by atoms with Gasteiger partial charge in [-0.2, -0.15) is 0 Å². The lowest BCUT2D eigenvalue weighted by molar-refractivity contribution is 0.0581. The van der Waals surface area contributed by atoms with Crippen molar-refractivity contribution in [2.75, 3.05) is 39.4 Å². The van der Waals surface area contributed by atoms with Gasteiger partial charge < -0.3 is 14.4 Å². The van der Waals surface area contributed by atoms with Crippen LogP contribution >= 0.6 is 0 Å². The minimum atomic E-state index is 0.0395. The van der Waals surface area contributed by atoms with Gasteiger partial charge in [0.2, 0.25) is 0 Å². The lowest BCUT2D eigenvalue weighted by atomic mass is 10.1. The van der Waals surface area contributed by atoms with Crippen molar-refractivity contribution in [3.05, 3.63) is 53.9 Å². The first-order chi connectivity index (χ1) is 13.6. The van der Waals surface area contributed by atoms with Crippen LogP contribution in [0.2, 0.25) is 0 Å². The maximum atomic E-state index is 13.0. The monoisotopic (exact) mass is 383 g/mol. The summed E-state index contributed by atoms with van der Waals surface area (Å²) in [7, 11) is 0. The van der Waals surface area contributed by atoms with E-state index in [1.54, 1.807) is 12.3 Å². The standard InChI is InChI=1S/C22H29N3O3/c1-4-27-20-9-8-18(15-21(20)28-5-2)22(26)25-13-11-24(12-14-25)17(3)19-7-6-10-23-16-19/h6-10,15-17H,4-5,11-14H2,1-3H3. The van der Waals surface area contributed by atoms with Gasteiger partial charge in [0.15, 0.2) is 11.5 Å². The van der Waals surface area contributed by atoms with Crippen molar-refractivity contribution < 1.29 is 14.3 Å². The number of carbonyl (C=O) groups excluding carboxylic acids is 1. The third-order valence-electron chi connectivity index (χ3n) is 5.11. The molecule has 3 rings (SSSR count). The summed E-state index contributed by atoms with van der Waals surface area (Å²) >= 11 is 0. The summed E-state index contributed by atoms with van der Waals surface area (Å²) in [6, 6.07) is 9.79. The Morgan fingerprint density at radius 2 is 1.79 bits per heavy atom. The number of nitrogens with zero attached hydrogens (tertiary/aromatic N) is 3. The van der Waals surface area contributed by atoms with Crippen molar-refractivity contribution in [3.63, 3.8) is 0 Å². The summed E-state index contributed by atoms with van der Waals surface area (Å²) in [5.74, 6) is 1.34. The van der Waals surface area contributed by atoms with E-state index in [9.17, 15) is 4.79 Å². The normalized spacial score (nSPS) is 15.9. The second-order valence-corrected chi connectivity index (χ2v) is 6.82. The van der Waals surface area contributed by atoms with Crippen molar-refractivity contribution in [2.45, 2.75) is 26.8 Å². The maximum Gasteiger partial charge on any atom is 0.254 e. The number of ether oxygens (including phenoxy) is 2. The molecule has 1 aromatic carbocycles. The Labute approximate surface area is 167 Å². The molecule has 0 aliphatic carbocycles. The van der Waals surface area contributed by atoms with E-state index >= 15 is 0 Å². The van der Waals surface area contributed by atoms with Crippen LogP contribution in [-0.2, 0) is 0 Å². The molecule has 0 bridgehead atoms. The Kier molecular flexibility index (Phi) is 6.87. The van der Waals surface area contributed by atoms with Gasteiger partial charge in [-0.25, -0.2) is 0 Å². The van der Waals surface area contributed by atoms with Crippen LogP contribution in [0.25, 0.3) is 0 Å². The Morgan fingerprint density at radius 1 is 1.07 bits per heavy atom. The predicted molar refractivity (Wildman–Crippen MR) is 109 cm³/mol. The van der Waals surface area contributed by atoms with Crippen molar-refractivity contribution in [1.29, 1.82) is 0 Å². The van der Waals surface area contributed by atoms with Crippen LogP contribution in [0.3, 0.4) is 0 Å². The van der Waals surface area contributed by atoms with Gasteiger partial charge in [-0.05, 0) is 50.6 Å². The number of carbonyl (C=O) groups is 1. The van der Waals surface area contributed by atoms with E-state index in [1.165, 1.54) is 5.56 Å². The Bertz CT molecular complexity index is 774. The third kappa shape index (κ3) is 4.62. The largest absolute Gasteiger partial charge is 0.490 e. The minimum Gasteiger partial charge on any atom is -0.490 e. The number of rotatable bonds is 7. The molecule has 6 nitrogen and oxygen atoms in total. The van der Waals surface area contributed by atoms with Gasteiger partial charge in [0.05, 0.1) is 13.2 Å². The van der Waals surface area contributed by atoms with E-state index in [4.69, 9.17) is 9.47 Å². The molecule has 28 heavy (non-hydrogen) atoms. The lowest BCUT2D eigenvalue weighted by Crippen LogP contribution is -2.49. The lowest BCUT2D eigenvalue weighted by Gasteiger charge is -2.38. The van der Waals surface area contributed by atoms with Crippen LogP contribution in [0.1, 0.15) is 42.7 Å². The molecule has 2 heterocycles. The van der Waals surface area contributed by atoms with E-state index in [2.05, 4.69) is 22.9 Å². The maximum absolute atomic E-state index is 13.0. The van der Waals surface area contributed by atoms with Gasteiger partial charge >= 0.3 is 0 Å². The highest BCUT2D eigenvalue weighted by atomic mass is 16.5. The summed E-state index contributed by atoms with van der Waals surface area (Å²) < 4.78 is 11.2. The average molecular weight is 383 g/mol. The van der Waals surface area contributed by atoms with Crippen molar-refractivity contribution in [1.82, 2.24) is 14.8 Å². The summed E-state index contributed by atoms with van der Waals surface area (Å²) in [4.78, 5) is 21.5. The fraction of sp³-hybridized carbons (Fsp3) is 0.455. The molecule has 1 fully saturated rings. The molecule has 1 amide bonds. The minimum absolute atomic E-state index is 0.0395. The number of aromatic nitrogens is 1. The van der Waals surface area contributed by atoms with Crippen LogP contribution in [-0.4, -0.2) is 60.1 Å². The summed E-state index contributed by atoms with van der Waals surface area (Å²) in [5, 5.41) is 0. The first kappa shape index (κ1) is 20.1. The SMILES string of the molecule is CCOc1ccc(C(=O)N2CCN(C(C)c3cccnc3)CC2)cc1OCC. The molecule has 0 radical (unpaired) electrons. The first-order valence-corrected chi connectivity index (χ1v) is 9.97. The second kappa shape index (κ2) is 9.55. The highest BCUT2D eigenvalue weighted by Gasteiger charge is 2.26.